The molecule has 1 saturated heterocycles. The van der Waals surface area contributed by atoms with E-state index < -0.39 is 55.1 Å². The van der Waals surface area contributed by atoms with Crippen molar-refractivity contribution in [2.45, 2.75) is 75.7 Å². The van der Waals surface area contributed by atoms with Crippen LogP contribution in [0.3, 0.4) is 0 Å². The number of hydrogen-bond acceptors (Lipinski definition) is 5. The van der Waals surface area contributed by atoms with Crippen LogP contribution in [0.4, 0.5) is 8.78 Å². The second-order valence-corrected chi connectivity index (χ2v) is 15.2. The first-order valence-corrected chi connectivity index (χ1v) is 15.1. The molecule has 0 saturated carbocycles. The Labute approximate surface area is 234 Å². The fourth-order valence-electron chi connectivity index (χ4n) is 5.66. The van der Waals surface area contributed by atoms with Gasteiger partial charge in [-0.15, -0.1) is 0 Å². The Kier molecular flexibility index (Phi) is 8.11. The first-order valence-electron chi connectivity index (χ1n) is 13.1. The van der Waals surface area contributed by atoms with E-state index in [1.54, 1.807) is 32.9 Å². The molecule has 0 unspecified atom stereocenters. The highest BCUT2D eigenvalue weighted by Crippen LogP contribution is 2.53. The monoisotopic (exact) mass is 583 g/mol. The summed E-state index contributed by atoms with van der Waals surface area (Å²) in [5.41, 5.74) is -0.438. The summed E-state index contributed by atoms with van der Waals surface area (Å²) in [4.78, 5) is 12.9. The molecule has 0 aromatic heterocycles. The fraction of sp³-hybridized carbons (Fsp3) is 0.552. The van der Waals surface area contributed by atoms with Gasteiger partial charge in [0.2, 0.25) is 5.91 Å². The Balaban J connectivity index is 1.67. The number of rotatable bonds is 7. The van der Waals surface area contributed by atoms with Gasteiger partial charge >= 0.3 is 0 Å². The van der Waals surface area contributed by atoms with Crippen LogP contribution in [-0.4, -0.2) is 49.7 Å². The van der Waals surface area contributed by atoms with Gasteiger partial charge in [-0.2, -0.15) is 0 Å². The third kappa shape index (κ3) is 5.81. The molecule has 6 nitrogen and oxygen atoms in total. The first-order chi connectivity index (χ1) is 18.1. The zero-order valence-electron chi connectivity index (χ0n) is 22.9. The first kappa shape index (κ1) is 29.7. The predicted octanol–water partition coefficient (Wildman–Crippen LogP) is 5.39. The molecule has 3 atom stereocenters. The molecule has 1 fully saturated rings. The fourth-order valence-corrected chi connectivity index (χ4v) is 7.17. The van der Waals surface area contributed by atoms with Crippen molar-refractivity contribution in [2.24, 2.45) is 5.92 Å². The maximum Gasteiger partial charge on any atom is 0.241 e. The van der Waals surface area contributed by atoms with Gasteiger partial charge in [-0.3, -0.25) is 4.79 Å². The van der Waals surface area contributed by atoms with Crippen LogP contribution in [0.5, 0.6) is 5.75 Å². The third-order valence-electron chi connectivity index (χ3n) is 7.92. The maximum atomic E-state index is 15.5. The number of halogens is 3. The molecular formula is C29H36ClF2NO5S. The van der Waals surface area contributed by atoms with Crippen LogP contribution in [-0.2, 0) is 31.2 Å². The second kappa shape index (κ2) is 10.6. The van der Waals surface area contributed by atoms with E-state index in [4.69, 9.17) is 21.1 Å². The van der Waals surface area contributed by atoms with Gasteiger partial charge in [-0.25, -0.2) is 17.2 Å². The Morgan fingerprint density at radius 1 is 1.08 bits per heavy atom. The molecule has 0 spiro atoms. The van der Waals surface area contributed by atoms with Crippen molar-refractivity contribution in [3.63, 3.8) is 0 Å². The number of carbonyl (C=O) groups is 1. The van der Waals surface area contributed by atoms with Gasteiger partial charge in [0.1, 0.15) is 10.6 Å². The van der Waals surface area contributed by atoms with E-state index >= 15 is 4.39 Å². The maximum absolute atomic E-state index is 15.5. The number of ether oxygens (including phenoxy) is 2. The van der Waals surface area contributed by atoms with Gasteiger partial charge in [0, 0.05) is 34.1 Å². The van der Waals surface area contributed by atoms with Crippen LogP contribution >= 0.6 is 11.6 Å². The van der Waals surface area contributed by atoms with Crippen molar-refractivity contribution >= 4 is 27.3 Å². The third-order valence-corrected chi connectivity index (χ3v) is 10.7. The number of carbonyl (C=O) groups excluding carboxylic acids is 1. The van der Waals surface area contributed by atoms with Gasteiger partial charge in [0.15, 0.2) is 21.4 Å². The molecule has 1 amide bonds. The Bertz CT molecular complexity index is 1340. The van der Waals surface area contributed by atoms with Crippen LogP contribution in [0.25, 0.3) is 0 Å². The molecule has 4 rings (SSSR count). The lowest BCUT2D eigenvalue weighted by molar-refractivity contribution is -0.124. The van der Waals surface area contributed by atoms with Crippen molar-refractivity contribution < 1.29 is 31.5 Å². The molecule has 2 aliphatic rings. The van der Waals surface area contributed by atoms with E-state index in [0.29, 0.717) is 17.9 Å². The van der Waals surface area contributed by atoms with Crippen LogP contribution in [0.2, 0.25) is 5.02 Å². The molecule has 39 heavy (non-hydrogen) atoms. The average Bonchev–Trinajstić information content (AvgIpc) is 2.84. The standard InChI is InChI=1S/C29H36ClF2NO5S/c1-27(2,3)33-26(34)28(4,5)39(35,36)15-12-23-20-17-38-25-22(32)11-10-21(31)24(25)29(20,13-14-37-23)16-18-6-8-19(30)9-7-18/h6-11,20,23H,12-17H2,1-5H3,(H,33,34)/t20-,23-,29-/m0/s1. The number of benzene rings is 2. The summed E-state index contributed by atoms with van der Waals surface area (Å²) < 4.78 is 67.3. The highest BCUT2D eigenvalue weighted by atomic mass is 35.5. The highest BCUT2D eigenvalue weighted by molar-refractivity contribution is 7.93. The van der Waals surface area contributed by atoms with E-state index in [0.717, 1.165) is 17.7 Å². The van der Waals surface area contributed by atoms with Gasteiger partial charge in [0.05, 0.1) is 18.5 Å². The molecule has 2 aromatic carbocycles. The zero-order valence-corrected chi connectivity index (χ0v) is 24.5. The average molecular weight is 584 g/mol. The number of hydrogen-bond donors (Lipinski definition) is 1. The number of amides is 1. The summed E-state index contributed by atoms with van der Waals surface area (Å²) in [5.74, 6) is -2.66. The number of nitrogens with one attached hydrogen (secondary N) is 1. The van der Waals surface area contributed by atoms with E-state index in [9.17, 15) is 17.6 Å². The Morgan fingerprint density at radius 3 is 2.36 bits per heavy atom. The van der Waals surface area contributed by atoms with Crippen LogP contribution < -0.4 is 10.1 Å². The van der Waals surface area contributed by atoms with Crippen molar-refractivity contribution in [3.05, 3.63) is 64.2 Å². The smallest absolute Gasteiger partial charge is 0.241 e. The van der Waals surface area contributed by atoms with Crippen molar-refractivity contribution in [3.8, 4) is 5.75 Å². The van der Waals surface area contributed by atoms with E-state index in [1.807, 2.05) is 12.1 Å². The SMILES string of the molecule is CC(C)(C)NC(=O)C(C)(C)S(=O)(=O)CC[C@@H]1OCC[C@@]2(Cc3ccc(Cl)cc3)c3c(F)ccc(F)c3OC[C@@H]12. The summed E-state index contributed by atoms with van der Waals surface area (Å²) in [6.07, 6.45) is 0.243. The minimum atomic E-state index is -3.91. The van der Waals surface area contributed by atoms with Crippen molar-refractivity contribution in [1.29, 1.82) is 0 Å². The largest absolute Gasteiger partial charge is 0.490 e. The number of sulfone groups is 1. The lowest BCUT2D eigenvalue weighted by Crippen LogP contribution is -2.56. The van der Waals surface area contributed by atoms with E-state index in [-0.39, 0.29) is 36.7 Å². The van der Waals surface area contributed by atoms with Gasteiger partial charge in [0.25, 0.3) is 0 Å². The second-order valence-electron chi connectivity index (χ2n) is 12.1. The van der Waals surface area contributed by atoms with E-state index in [1.165, 1.54) is 13.8 Å². The Morgan fingerprint density at radius 2 is 1.72 bits per heavy atom. The molecule has 0 bridgehead atoms. The quantitative estimate of drug-likeness (QED) is 0.472. The summed E-state index contributed by atoms with van der Waals surface area (Å²) in [7, 11) is -3.91. The molecule has 0 aliphatic carbocycles. The molecule has 0 radical (unpaired) electrons. The van der Waals surface area contributed by atoms with Gasteiger partial charge < -0.3 is 14.8 Å². The summed E-state index contributed by atoms with van der Waals surface area (Å²) in [6.45, 7) is 8.42. The van der Waals surface area contributed by atoms with E-state index in [2.05, 4.69) is 5.32 Å². The topological polar surface area (TPSA) is 81.7 Å². The zero-order chi connectivity index (χ0) is 28.8. The van der Waals surface area contributed by atoms with Crippen LogP contribution in [0.1, 0.15) is 58.6 Å². The minimum absolute atomic E-state index is 0.0413. The van der Waals surface area contributed by atoms with Crippen LogP contribution in [0, 0.1) is 17.6 Å². The Hall–Kier alpha value is -2.23. The molecular weight excluding hydrogens is 548 g/mol. The lowest BCUT2D eigenvalue weighted by Gasteiger charge is -2.51. The summed E-state index contributed by atoms with van der Waals surface area (Å²) in [5, 5.41) is 3.31. The molecule has 2 aliphatic heterocycles. The normalized spacial score (nSPS) is 23.4. The predicted molar refractivity (Wildman–Crippen MR) is 147 cm³/mol. The molecule has 2 aromatic rings. The van der Waals surface area contributed by atoms with Crippen LogP contribution in [0.15, 0.2) is 36.4 Å². The molecule has 2 heterocycles. The van der Waals surface area contributed by atoms with Gasteiger partial charge in [-0.05, 0) is 83.7 Å². The van der Waals surface area contributed by atoms with Gasteiger partial charge in [-0.1, -0.05) is 23.7 Å². The summed E-state index contributed by atoms with van der Waals surface area (Å²) in [6, 6.07) is 9.36. The molecule has 1 N–H and O–H groups in total. The molecule has 214 valence electrons. The minimum Gasteiger partial charge on any atom is -0.490 e. The lowest BCUT2D eigenvalue weighted by atomic mass is 9.60. The number of fused-ring (bicyclic) bond motifs is 3. The van der Waals surface area contributed by atoms with Crippen molar-refractivity contribution in [1.82, 2.24) is 5.32 Å². The molecule has 10 heteroatoms. The summed E-state index contributed by atoms with van der Waals surface area (Å²) >= 11 is 6.08. The van der Waals surface area contributed by atoms with Crippen molar-refractivity contribution in [2.75, 3.05) is 19.0 Å². The highest BCUT2D eigenvalue weighted by Gasteiger charge is 2.54.